The maximum absolute atomic E-state index is 5.87. The number of hydrogen-bond donors (Lipinski definition) is 1. The van der Waals surface area contributed by atoms with E-state index in [4.69, 9.17) is 22.1 Å². The van der Waals surface area contributed by atoms with Crippen molar-refractivity contribution in [1.29, 1.82) is 0 Å². The van der Waals surface area contributed by atoms with Crippen LogP contribution in [0.3, 0.4) is 0 Å². The van der Waals surface area contributed by atoms with E-state index in [1.807, 2.05) is 6.07 Å². The van der Waals surface area contributed by atoms with Crippen molar-refractivity contribution in [1.82, 2.24) is 20.2 Å². The molecule has 0 radical (unpaired) electrons. The largest absolute Gasteiger partial charge is 0.423 e. The van der Waals surface area contributed by atoms with Gasteiger partial charge in [-0.15, -0.1) is 0 Å². The van der Waals surface area contributed by atoms with Crippen LogP contribution in [0.1, 0.15) is 5.56 Å². The second-order valence-electron chi connectivity index (χ2n) is 3.14. The van der Waals surface area contributed by atoms with Crippen LogP contribution in [0.2, 0.25) is 5.02 Å². The minimum Gasteiger partial charge on any atom is -0.423 e. The fraction of sp³-hybridized carbons (Fsp3) is 0.222. The Hall–Kier alpha value is -1.66. The molecule has 16 heavy (non-hydrogen) atoms. The summed E-state index contributed by atoms with van der Waals surface area (Å²) in [4.78, 5) is 0. The van der Waals surface area contributed by atoms with Crippen LogP contribution in [0.25, 0.3) is 0 Å². The summed E-state index contributed by atoms with van der Waals surface area (Å²) in [7, 11) is 1.68. The number of aryl methyl sites for hydroxylation is 1. The first kappa shape index (κ1) is 10.8. The molecule has 0 spiro atoms. The van der Waals surface area contributed by atoms with Gasteiger partial charge in [0.25, 0.3) is 0 Å². The Bertz CT molecular complexity index is 498. The zero-order valence-corrected chi connectivity index (χ0v) is 9.35. The third kappa shape index (κ3) is 2.12. The Morgan fingerprint density at radius 1 is 1.50 bits per heavy atom. The predicted octanol–water partition coefficient (Wildman–Crippen LogP) is 1.11. The molecule has 0 bridgehead atoms. The van der Waals surface area contributed by atoms with E-state index in [-0.39, 0.29) is 6.01 Å². The molecule has 0 saturated heterocycles. The van der Waals surface area contributed by atoms with E-state index in [2.05, 4.69) is 15.5 Å². The van der Waals surface area contributed by atoms with E-state index in [0.29, 0.717) is 17.3 Å². The van der Waals surface area contributed by atoms with Gasteiger partial charge >= 0.3 is 6.01 Å². The van der Waals surface area contributed by atoms with Crippen LogP contribution in [0.4, 0.5) is 0 Å². The highest BCUT2D eigenvalue weighted by Gasteiger charge is 2.09. The number of benzene rings is 1. The number of rotatable bonds is 3. The number of ether oxygens (including phenoxy) is 1. The van der Waals surface area contributed by atoms with E-state index in [9.17, 15) is 0 Å². The lowest BCUT2D eigenvalue weighted by molar-refractivity contribution is 0.410. The van der Waals surface area contributed by atoms with Crippen molar-refractivity contribution in [3.63, 3.8) is 0 Å². The molecule has 0 unspecified atom stereocenters. The number of tetrazole rings is 1. The summed E-state index contributed by atoms with van der Waals surface area (Å²) in [5.41, 5.74) is 6.43. The van der Waals surface area contributed by atoms with Crippen molar-refractivity contribution in [3.8, 4) is 11.8 Å². The topological polar surface area (TPSA) is 78.8 Å². The van der Waals surface area contributed by atoms with Gasteiger partial charge in [0.15, 0.2) is 0 Å². The van der Waals surface area contributed by atoms with Crippen molar-refractivity contribution in [2.24, 2.45) is 12.8 Å². The van der Waals surface area contributed by atoms with E-state index in [1.54, 1.807) is 19.2 Å². The summed E-state index contributed by atoms with van der Waals surface area (Å²) in [6.07, 6.45) is 0. The zero-order chi connectivity index (χ0) is 11.5. The minimum atomic E-state index is 0.289. The Kier molecular flexibility index (Phi) is 3.02. The van der Waals surface area contributed by atoms with Gasteiger partial charge in [0.05, 0.1) is 0 Å². The number of nitrogens with zero attached hydrogens (tertiary/aromatic N) is 4. The lowest BCUT2D eigenvalue weighted by Crippen LogP contribution is -2.02. The highest BCUT2D eigenvalue weighted by molar-refractivity contribution is 6.30. The maximum Gasteiger partial charge on any atom is 0.340 e. The first-order valence-electron chi connectivity index (χ1n) is 4.59. The molecule has 1 aromatic heterocycles. The van der Waals surface area contributed by atoms with E-state index in [1.165, 1.54) is 4.68 Å². The first-order valence-corrected chi connectivity index (χ1v) is 4.97. The third-order valence-corrected chi connectivity index (χ3v) is 2.27. The summed E-state index contributed by atoms with van der Waals surface area (Å²) in [5.74, 6) is 0.563. The zero-order valence-electron chi connectivity index (χ0n) is 8.59. The normalized spacial score (nSPS) is 10.4. The van der Waals surface area contributed by atoms with Crippen LogP contribution in [0.15, 0.2) is 18.2 Å². The molecule has 2 aromatic rings. The van der Waals surface area contributed by atoms with Crippen LogP contribution >= 0.6 is 11.6 Å². The van der Waals surface area contributed by atoms with Crippen molar-refractivity contribution in [3.05, 3.63) is 28.8 Å². The molecule has 7 heteroatoms. The number of hydrogen-bond acceptors (Lipinski definition) is 5. The van der Waals surface area contributed by atoms with Gasteiger partial charge in [-0.2, -0.15) is 4.68 Å². The summed E-state index contributed by atoms with van der Waals surface area (Å²) < 4.78 is 6.93. The molecule has 0 aliphatic heterocycles. The SMILES string of the molecule is Cn1nnnc1Oc1cc(Cl)ccc1CN. The monoisotopic (exact) mass is 239 g/mol. The van der Waals surface area contributed by atoms with Crippen LogP contribution in [0, 0.1) is 0 Å². The average Bonchev–Trinajstić information content (AvgIpc) is 2.65. The molecule has 2 rings (SSSR count). The van der Waals surface area contributed by atoms with Gasteiger partial charge in [-0.1, -0.05) is 22.8 Å². The number of aromatic nitrogens is 4. The lowest BCUT2D eigenvalue weighted by atomic mass is 10.2. The molecule has 0 saturated carbocycles. The van der Waals surface area contributed by atoms with Crippen molar-refractivity contribution >= 4 is 11.6 Å². The molecular formula is C9H10ClN5O. The summed E-state index contributed by atoms with van der Waals surface area (Å²) >= 11 is 5.87. The van der Waals surface area contributed by atoms with Gasteiger partial charge in [-0.25, -0.2) is 0 Å². The summed E-state index contributed by atoms with van der Waals surface area (Å²) in [5, 5.41) is 11.4. The fourth-order valence-corrected chi connectivity index (χ4v) is 1.36. The van der Waals surface area contributed by atoms with E-state index >= 15 is 0 Å². The highest BCUT2D eigenvalue weighted by atomic mass is 35.5. The van der Waals surface area contributed by atoms with Gasteiger partial charge in [0, 0.05) is 24.2 Å². The molecule has 1 heterocycles. The van der Waals surface area contributed by atoms with Crippen LogP contribution < -0.4 is 10.5 Å². The smallest absolute Gasteiger partial charge is 0.340 e. The van der Waals surface area contributed by atoms with Gasteiger partial charge in [-0.05, 0) is 22.6 Å². The Morgan fingerprint density at radius 2 is 2.31 bits per heavy atom. The molecule has 1 aromatic carbocycles. The van der Waals surface area contributed by atoms with Crippen molar-refractivity contribution in [2.75, 3.05) is 0 Å². The molecule has 0 fully saturated rings. The maximum atomic E-state index is 5.87. The second-order valence-corrected chi connectivity index (χ2v) is 3.58. The standard InChI is InChI=1S/C9H10ClN5O/c1-15-9(12-13-14-15)16-8-4-7(10)3-2-6(8)5-11/h2-4H,5,11H2,1H3. The van der Waals surface area contributed by atoms with Gasteiger partial charge in [0.1, 0.15) is 5.75 Å². The third-order valence-electron chi connectivity index (χ3n) is 2.03. The summed E-state index contributed by atoms with van der Waals surface area (Å²) in [6.45, 7) is 0.359. The van der Waals surface area contributed by atoms with E-state index < -0.39 is 0 Å². The lowest BCUT2D eigenvalue weighted by Gasteiger charge is -2.08. The molecule has 0 amide bonds. The first-order chi connectivity index (χ1) is 7.70. The predicted molar refractivity (Wildman–Crippen MR) is 58.2 cm³/mol. The van der Waals surface area contributed by atoms with Crippen LogP contribution in [-0.2, 0) is 13.6 Å². The van der Waals surface area contributed by atoms with Gasteiger partial charge in [0.2, 0.25) is 0 Å². The molecule has 0 atom stereocenters. The highest BCUT2D eigenvalue weighted by Crippen LogP contribution is 2.26. The van der Waals surface area contributed by atoms with Crippen molar-refractivity contribution in [2.45, 2.75) is 6.54 Å². The Balaban J connectivity index is 2.33. The Labute approximate surface area is 97.0 Å². The molecular weight excluding hydrogens is 230 g/mol. The fourth-order valence-electron chi connectivity index (χ4n) is 1.20. The summed E-state index contributed by atoms with van der Waals surface area (Å²) in [6, 6.07) is 5.53. The number of nitrogens with two attached hydrogens (primary N) is 1. The number of halogens is 1. The molecule has 0 aliphatic rings. The molecule has 0 aliphatic carbocycles. The van der Waals surface area contributed by atoms with Gasteiger partial charge in [-0.3, -0.25) is 0 Å². The minimum absolute atomic E-state index is 0.289. The molecule has 6 nitrogen and oxygen atoms in total. The Morgan fingerprint density at radius 3 is 2.94 bits per heavy atom. The quantitative estimate of drug-likeness (QED) is 0.868. The second kappa shape index (κ2) is 4.46. The van der Waals surface area contributed by atoms with Gasteiger partial charge < -0.3 is 10.5 Å². The van der Waals surface area contributed by atoms with Crippen LogP contribution in [-0.4, -0.2) is 20.2 Å². The van der Waals surface area contributed by atoms with E-state index in [0.717, 1.165) is 5.56 Å². The molecule has 2 N–H and O–H groups in total. The average molecular weight is 240 g/mol. The molecule has 84 valence electrons. The van der Waals surface area contributed by atoms with Crippen molar-refractivity contribution < 1.29 is 4.74 Å². The van der Waals surface area contributed by atoms with Crippen LogP contribution in [0.5, 0.6) is 11.8 Å².